The van der Waals surface area contributed by atoms with Gasteiger partial charge in [-0.2, -0.15) is 0 Å². The Hall–Kier alpha value is -3.42. The van der Waals surface area contributed by atoms with Crippen LogP contribution < -0.4 is 15.8 Å². The minimum absolute atomic E-state index is 0.132. The number of nitrogens with one attached hydrogen (secondary N) is 2. The number of para-hydroxylation sites is 1. The summed E-state index contributed by atoms with van der Waals surface area (Å²) in [6, 6.07) is 9.82. The van der Waals surface area contributed by atoms with Crippen LogP contribution in [0.5, 0.6) is 0 Å². The first-order chi connectivity index (χ1) is 14.7. The van der Waals surface area contributed by atoms with Gasteiger partial charge in [-0.1, -0.05) is 18.2 Å². The molecule has 0 aliphatic carbocycles. The van der Waals surface area contributed by atoms with E-state index in [1.165, 1.54) is 0 Å². The Labute approximate surface area is 175 Å². The minimum atomic E-state index is -0.225. The van der Waals surface area contributed by atoms with Gasteiger partial charge in [0.05, 0.1) is 6.42 Å². The average Bonchev–Trinajstić information content (AvgIpc) is 3.16. The Balaban J connectivity index is 1.28. The van der Waals surface area contributed by atoms with E-state index in [0.717, 1.165) is 23.0 Å². The molecule has 0 unspecified atom stereocenters. The van der Waals surface area contributed by atoms with E-state index in [4.69, 9.17) is 0 Å². The molecule has 30 heavy (non-hydrogen) atoms. The SMILES string of the molecule is CCn1cc(CC(=O)NNC(=O)C2CCN(c3ncccn3)CC2)c2ccccc21. The Bertz CT molecular complexity index is 1020. The van der Waals surface area contributed by atoms with Gasteiger partial charge in [0.15, 0.2) is 0 Å². The van der Waals surface area contributed by atoms with Gasteiger partial charge in [-0.3, -0.25) is 20.4 Å². The van der Waals surface area contributed by atoms with E-state index in [9.17, 15) is 9.59 Å². The average molecular weight is 406 g/mol. The van der Waals surface area contributed by atoms with Crippen molar-refractivity contribution in [3.8, 4) is 0 Å². The van der Waals surface area contributed by atoms with Crippen LogP contribution in [0, 0.1) is 5.92 Å². The first kappa shape index (κ1) is 19.9. The monoisotopic (exact) mass is 406 g/mol. The predicted molar refractivity (Wildman–Crippen MR) is 115 cm³/mol. The summed E-state index contributed by atoms with van der Waals surface area (Å²) in [7, 11) is 0. The first-order valence-electron chi connectivity index (χ1n) is 10.3. The number of hydrazine groups is 1. The zero-order valence-corrected chi connectivity index (χ0v) is 17.0. The summed E-state index contributed by atoms with van der Waals surface area (Å²) in [5.74, 6) is 0.189. The van der Waals surface area contributed by atoms with E-state index in [1.807, 2.05) is 24.4 Å². The molecule has 4 rings (SSSR count). The van der Waals surface area contributed by atoms with Crippen molar-refractivity contribution < 1.29 is 9.59 Å². The van der Waals surface area contributed by atoms with Crippen LogP contribution in [0.3, 0.4) is 0 Å². The molecule has 3 aromatic rings. The van der Waals surface area contributed by atoms with Crippen LogP contribution in [-0.4, -0.2) is 39.4 Å². The molecule has 156 valence electrons. The van der Waals surface area contributed by atoms with Crippen molar-refractivity contribution in [3.05, 3.63) is 54.5 Å². The van der Waals surface area contributed by atoms with E-state index in [2.05, 4.69) is 43.3 Å². The lowest BCUT2D eigenvalue weighted by molar-refractivity contribution is -0.131. The molecule has 1 aliphatic rings. The molecule has 0 atom stereocenters. The van der Waals surface area contributed by atoms with Gasteiger partial charge >= 0.3 is 0 Å². The van der Waals surface area contributed by atoms with Crippen LogP contribution >= 0.6 is 0 Å². The van der Waals surface area contributed by atoms with Crippen LogP contribution in [0.15, 0.2) is 48.9 Å². The summed E-state index contributed by atoms with van der Waals surface area (Å²) in [6.07, 6.45) is 7.06. The van der Waals surface area contributed by atoms with Gasteiger partial charge in [-0.15, -0.1) is 0 Å². The lowest BCUT2D eigenvalue weighted by atomic mass is 9.96. The summed E-state index contributed by atoms with van der Waals surface area (Å²) in [5.41, 5.74) is 7.24. The van der Waals surface area contributed by atoms with Crippen LogP contribution in [0.25, 0.3) is 10.9 Å². The minimum Gasteiger partial charge on any atom is -0.347 e. The van der Waals surface area contributed by atoms with Crippen molar-refractivity contribution >= 4 is 28.7 Å². The maximum Gasteiger partial charge on any atom is 0.242 e. The van der Waals surface area contributed by atoms with Crippen molar-refractivity contribution in [2.24, 2.45) is 5.92 Å². The number of benzene rings is 1. The summed E-state index contributed by atoms with van der Waals surface area (Å²) in [4.78, 5) is 35.5. The number of carbonyl (C=O) groups excluding carboxylic acids is 2. The third-order valence-corrected chi connectivity index (χ3v) is 5.59. The summed E-state index contributed by atoms with van der Waals surface area (Å²) < 4.78 is 2.13. The number of aromatic nitrogens is 3. The standard InChI is InChI=1S/C22H26N6O2/c1-2-27-15-17(18-6-3-4-7-19(18)27)14-20(29)25-26-21(30)16-8-12-28(13-9-16)22-23-10-5-11-24-22/h3-7,10-11,15-16H,2,8-9,12-14H2,1H3,(H,25,29)(H,26,30). The van der Waals surface area contributed by atoms with E-state index < -0.39 is 0 Å². The quantitative estimate of drug-likeness (QED) is 0.633. The molecule has 3 heterocycles. The molecule has 2 N–H and O–H groups in total. The molecule has 2 amide bonds. The molecule has 1 saturated heterocycles. The van der Waals surface area contributed by atoms with Gasteiger partial charge in [0, 0.05) is 55.0 Å². The summed E-state index contributed by atoms with van der Waals surface area (Å²) in [5, 5.41) is 1.07. The number of hydrogen-bond acceptors (Lipinski definition) is 5. The molecule has 8 nitrogen and oxygen atoms in total. The molecule has 0 radical (unpaired) electrons. The van der Waals surface area contributed by atoms with Crippen LogP contribution in [0.2, 0.25) is 0 Å². The topological polar surface area (TPSA) is 92.2 Å². The highest BCUT2D eigenvalue weighted by atomic mass is 16.2. The van der Waals surface area contributed by atoms with Crippen molar-refractivity contribution in [3.63, 3.8) is 0 Å². The Morgan fingerprint density at radius 2 is 1.80 bits per heavy atom. The largest absolute Gasteiger partial charge is 0.347 e. The normalized spacial score (nSPS) is 14.6. The first-order valence-corrected chi connectivity index (χ1v) is 10.3. The molecule has 1 aliphatic heterocycles. The lowest BCUT2D eigenvalue weighted by Gasteiger charge is -2.31. The highest BCUT2D eigenvalue weighted by Crippen LogP contribution is 2.22. The van der Waals surface area contributed by atoms with Gasteiger partial charge in [0.25, 0.3) is 0 Å². The number of rotatable bonds is 5. The highest BCUT2D eigenvalue weighted by Gasteiger charge is 2.26. The smallest absolute Gasteiger partial charge is 0.242 e. The zero-order valence-electron chi connectivity index (χ0n) is 17.0. The fraction of sp³-hybridized carbons (Fsp3) is 0.364. The van der Waals surface area contributed by atoms with E-state index >= 15 is 0 Å². The number of piperidine rings is 1. The fourth-order valence-corrected chi connectivity index (χ4v) is 3.97. The van der Waals surface area contributed by atoms with Crippen LogP contribution in [-0.2, 0) is 22.6 Å². The Kier molecular flexibility index (Phi) is 5.92. The third kappa shape index (κ3) is 4.27. The van der Waals surface area contributed by atoms with Crippen molar-refractivity contribution in [1.82, 2.24) is 25.4 Å². The highest BCUT2D eigenvalue weighted by molar-refractivity contribution is 5.90. The number of anilines is 1. The zero-order chi connectivity index (χ0) is 20.9. The Morgan fingerprint density at radius 3 is 2.53 bits per heavy atom. The molecule has 1 fully saturated rings. The van der Waals surface area contributed by atoms with Gasteiger partial charge in [-0.25, -0.2) is 9.97 Å². The second kappa shape index (κ2) is 8.94. The molecule has 2 aromatic heterocycles. The number of carbonyl (C=O) groups is 2. The van der Waals surface area contributed by atoms with Gasteiger partial charge in [-0.05, 0) is 37.5 Å². The summed E-state index contributed by atoms with van der Waals surface area (Å²) in [6.45, 7) is 4.34. The molecule has 1 aromatic carbocycles. The fourth-order valence-electron chi connectivity index (χ4n) is 3.97. The number of nitrogens with zero attached hydrogens (tertiary/aromatic N) is 4. The predicted octanol–water partition coefficient (Wildman–Crippen LogP) is 2.06. The number of aryl methyl sites for hydroxylation is 1. The molecule has 0 spiro atoms. The molecule has 0 saturated carbocycles. The van der Waals surface area contributed by atoms with Crippen LogP contribution in [0.1, 0.15) is 25.3 Å². The molecule has 0 bridgehead atoms. The van der Waals surface area contributed by atoms with Gasteiger partial charge < -0.3 is 9.47 Å². The number of fused-ring (bicyclic) bond motifs is 1. The molecular formula is C22H26N6O2. The second-order valence-corrected chi connectivity index (χ2v) is 7.48. The van der Waals surface area contributed by atoms with Gasteiger partial charge in [0.1, 0.15) is 0 Å². The van der Waals surface area contributed by atoms with Crippen molar-refractivity contribution in [2.75, 3.05) is 18.0 Å². The molecule has 8 heteroatoms. The van der Waals surface area contributed by atoms with E-state index in [0.29, 0.717) is 31.9 Å². The van der Waals surface area contributed by atoms with Crippen molar-refractivity contribution in [1.29, 1.82) is 0 Å². The maximum atomic E-state index is 12.5. The third-order valence-electron chi connectivity index (χ3n) is 5.59. The summed E-state index contributed by atoms with van der Waals surface area (Å²) >= 11 is 0. The molecular weight excluding hydrogens is 380 g/mol. The van der Waals surface area contributed by atoms with Crippen LogP contribution in [0.4, 0.5) is 5.95 Å². The van der Waals surface area contributed by atoms with Crippen molar-refractivity contribution in [2.45, 2.75) is 32.7 Å². The van der Waals surface area contributed by atoms with E-state index in [1.54, 1.807) is 18.5 Å². The van der Waals surface area contributed by atoms with Gasteiger partial charge in [0.2, 0.25) is 17.8 Å². The maximum absolute atomic E-state index is 12.5. The number of amides is 2. The van der Waals surface area contributed by atoms with E-state index in [-0.39, 0.29) is 24.2 Å². The number of hydrogen-bond donors (Lipinski definition) is 2. The second-order valence-electron chi connectivity index (χ2n) is 7.48. The Morgan fingerprint density at radius 1 is 1.07 bits per heavy atom. The lowest BCUT2D eigenvalue weighted by Crippen LogP contribution is -2.48.